The van der Waals surface area contributed by atoms with E-state index in [1.807, 2.05) is 6.07 Å². The van der Waals surface area contributed by atoms with Gasteiger partial charge in [-0.2, -0.15) is 9.78 Å². The number of hydrogen-bond donors (Lipinski definition) is 1. The third kappa shape index (κ3) is 2.31. The Hall–Kier alpha value is -2.17. The molecule has 0 radical (unpaired) electrons. The predicted octanol–water partition coefficient (Wildman–Crippen LogP) is 3.05. The van der Waals surface area contributed by atoms with Crippen LogP contribution in [0.3, 0.4) is 0 Å². The highest BCUT2D eigenvalue weighted by Gasteiger charge is 2.37. The maximum atomic E-state index is 13.5. The van der Waals surface area contributed by atoms with Gasteiger partial charge in [0.15, 0.2) is 0 Å². The Morgan fingerprint density at radius 1 is 1.30 bits per heavy atom. The molecule has 1 aliphatic carbocycles. The molecule has 1 heterocycles. The van der Waals surface area contributed by atoms with Crippen molar-refractivity contribution >= 4 is 6.03 Å². The average molecular weight is 273 g/mol. The number of aromatic nitrogens is 2. The summed E-state index contributed by atoms with van der Waals surface area (Å²) in [6.07, 6.45) is 6.85. The van der Waals surface area contributed by atoms with Crippen LogP contribution in [0, 0.1) is 5.82 Å². The van der Waals surface area contributed by atoms with E-state index < -0.39 is 5.54 Å². The lowest BCUT2D eigenvalue weighted by molar-refractivity contribution is 0.223. The number of rotatable bonds is 2. The molecule has 5 heteroatoms. The molecule has 1 N–H and O–H groups in total. The summed E-state index contributed by atoms with van der Waals surface area (Å²) < 4.78 is 14.7. The summed E-state index contributed by atoms with van der Waals surface area (Å²) in [7, 11) is 0. The van der Waals surface area contributed by atoms with Gasteiger partial charge in [0, 0.05) is 12.4 Å². The van der Waals surface area contributed by atoms with E-state index in [1.165, 1.54) is 16.8 Å². The lowest BCUT2D eigenvalue weighted by Gasteiger charge is -2.30. The van der Waals surface area contributed by atoms with Crippen LogP contribution < -0.4 is 5.32 Å². The molecule has 0 saturated heterocycles. The quantitative estimate of drug-likeness (QED) is 0.914. The van der Waals surface area contributed by atoms with Gasteiger partial charge in [0.25, 0.3) is 0 Å². The molecule has 1 aromatic heterocycles. The van der Waals surface area contributed by atoms with Crippen LogP contribution in [0.5, 0.6) is 0 Å². The SMILES string of the molecule is O=C(NC1(c2cccc(F)c2)CCCC1)n1cccn1. The first kappa shape index (κ1) is 12.8. The topological polar surface area (TPSA) is 46.9 Å². The van der Waals surface area contributed by atoms with Crippen molar-refractivity contribution in [3.63, 3.8) is 0 Å². The molecule has 2 aromatic rings. The number of halogens is 1. The van der Waals surface area contributed by atoms with E-state index in [9.17, 15) is 9.18 Å². The minimum Gasteiger partial charge on any atom is -0.327 e. The van der Waals surface area contributed by atoms with E-state index >= 15 is 0 Å². The summed E-state index contributed by atoms with van der Waals surface area (Å²) >= 11 is 0. The van der Waals surface area contributed by atoms with Gasteiger partial charge in [0.2, 0.25) is 0 Å². The summed E-state index contributed by atoms with van der Waals surface area (Å²) in [5.74, 6) is -0.276. The van der Waals surface area contributed by atoms with Crippen molar-refractivity contribution < 1.29 is 9.18 Å². The molecule has 0 atom stereocenters. The van der Waals surface area contributed by atoms with Crippen LogP contribution in [0.1, 0.15) is 31.2 Å². The van der Waals surface area contributed by atoms with Crippen LogP contribution in [0.25, 0.3) is 0 Å². The molecule has 20 heavy (non-hydrogen) atoms. The van der Waals surface area contributed by atoms with Gasteiger partial charge in [-0.05, 0) is 36.6 Å². The second-order valence-corrected chi connectivity index (χ2v) is 5.18. The van der Waals surface area contributed by atoms with Crippen molar-refractivity contribution in [1.29, 1.82) is 0 Å². The molecule has 1 aliphatic rings. The minimum absolute atomic E-state index is 0.276. The van der Waals surface area contributed by atoms with Crippen molar-refractivity contribution in [2.24, 2.45) is 0 Å². The van der Waals surface area contributed by atoms with E-state index in [4.69, 9.17) is 0 Å². The first-order chi connectivity index (χ1) is 9.70. The van der Waals surface area contributed by atoms with Gasteiger partial charge >= 0.3 is 6.03 Å². The number of carbonyl (C=O) groups is 1. The molecule has 0 spiro atoms. The normalized spacial score (nSPS) is 17.1. The third-order valence-corrected chi connectivity index (χ3v) is 3.89. The third-order valence-electron chi connectivity index (χ3n) is 3.89. The van der Waals surface area contributed by atoms with Crippen LogP contribution in [-0.4, -0.2) is 15.8 Å². The minimum atomic E-state index is -0.481. The van der Waals surface area contributed by atoms with Crippen molar-refractivity contribution in [2.45, 2.75) is 31.2 Å². The summed E-state index contributed by atoms with van der Waals surface area (Å²) in [5, 5.41) is 6.96. The van der Waals surface area contributed by atoms with Gasteiger partial charge in [-0.15, -0.1) is 0 Å². The van der Waals surface area contributed by atoms with Crippen molar-refractivity contribution in [2.75, 3.05) is 0 Å². The highest BCUT2D eigenvalue weighted by Crippen LogP contribution is 2.38. The number of nitrogens with zero attached hydrogens (tertiary/aromatic N) is 2. The highest BCUT2D eigenvalue weighted by atomic mass is 19.1. The molecule has 1 amide bonds. The second-order valence-electron chi connectivity index (χ2n) is 5.18. The molecular formula is C15H16FN3O. The van der Waals surface area contributed by atoms with Crippen molar-refractivity contribution in [3.05, 3.63) is 54.1 Å². The Balaban J connectivity index is 1.90. The summed E-state index contributed by atoms with van der Waals surface area (Å²) in [4.78, 5) is 12.2. The fourth-order valence-corrected chi connectivity index (χ4v) is 2.90. The van der Waals surface area contributed by atoms with Gasteiger partial charge in [-0.25, -0.2) is 9.18 Å². The molecule has 4 nitrogen and oxygen atoms in total. The molecular weight excluding hydrogens is 257 g/mol. The summed E-state index contributed by atoms with van der Waals surface area (Å²) in [5.41, 5.74) is 0.348. The molecule has 1 fully saturated rings. The van der Waals surface area contributed by atoms with Gasteiger partial charge < -0.3 is 5.32 Å². The van der Waals surface area contributed by atoms with Crippen LogP contribution in [-0.2, 0) is 5.54 Å². The van der Waals surface area contributed by atoms with Gasteiger partial charge in [0.05, 0.1) is 5.54 Å². The van der Waals surface area contributed by atoms with E-state index in [1.54, 1.807) is 24.5 Å². The van der Waals surface area contributed by atoms with Crippen LogP contribution in [0.2, 0.25) is 0 Å². The van der Waals surface area contributed by atoms with Crippen LogP contribution in [0.15, 0.2) is 42.7 Å². The van der Waals surface area contributed by atoms with E-state index in [0.29, 0.717) is 0 Å². The number of carbonyl (C=O) groups excluding carboxylic acids is 1. The smallest absolute Gasteiger partial charge is 0.327 e. The molecule has 1 aromatic carbocycles. The summed E-state index contributed by atoms with van der Waals surface area (Å²) in [6.45, 7) is 0. The van der Waals surface area contributed by atoms with E-state index in [0.717, 1.165) is 31.2 Å². The zero-order chi connectivity index (χ0) is 14.0. The monoisotopic (exact) mass is 273 g/mol. The lowest BCUT2D eigenvalue weighted by Crippen LogP contribution is -2.45. The predicted molar refractivity (Wildman–Crippen MR) is 72.7 cm³/mol. The maximum absolute atomic E-state index is 13.5. The van der Waals surface area contributed by atoms with Gasteiger partial charge in [-0.1, -0.05) is 25.0 Å². The number of amides is 1. The Morgan fingerprint density at radius 3 is 2.75 bits per heavy atom. The lowest BCUT2D eigenvalue weighted by atomic mass is 9.88. The Morgan fingerprint density at radius 2 is 2.10 bits per heavy atom. The van der Waals surface area contributed by atoms with E-state index in [2.05, 4.69) is 10.4 Å². The number of nitrogens with one attached hydrogen (secondary N) is 1. The molecule has 0 aliphatic heterocycles. The summed E-state index contributed by atoms with van der Waals surface area (Å²) in [6, 6.07) is 7.91. The van der Waals surface area contributed by atoms with Gasteiger partial charge in [-0.3, -0.25) is 0 Å². The van der Waals surface area contributed by atoms with Gasteiger partial charge in [0.1, 0.15) is 5.82 Å². The van der Waals surface area contributed by atoms with Crippen LogP contribution in [0.4, 0.5) is 9.18 Å². The molecule has 0 bridgehead atoms. The molecule has 104 valence electrons. The van der Waals surface area contributed by atoms with Crippen molar-refractivity contribution in [3.8, 4) is 0 Å². The first-order valence-corrected chi connectivity index (χ1v) is 6.78. The molecule has 1 saturated carbocycles. The average Bonchev–Trinajstić information content (AvgIpc) is 3.10. The zero-order valence-electron chi connectivity index (χ0n) is 11.1. The zero-order valence-corrected chi connectivity index (χ0v) is 11.1. The van der Waals surface area contributed by atoms with Crippen LogP contribution >= 0.6 is 0 Å². The van der Waals surface area contributed by atoms with E-state index in [-0.39, 0.29) is 11.8 Å². The Bertz CT molecular complexity index is 603. The standard InChI is InChI=1S/C15H16FN3O/c16-13-6-3-5-12(11-13)15(7-1-2-8-15)18-14(20)19-10-4-9-17-19/h3-6,9-11H,1-2,7-8H2,(H,18,20). The molecule has 3 rings (SSSR count). The fraction of sp³-hybridized carbons (Fsp3) is 0.333. The number of hydrogen-bond acceptors (Lipinski definition) is 2. The largest absolute Gasteiger partial charge is 0.342 e. The highest BCUT2D eigenvalue weighted by molar-refractivity contribution is 5.76. The Kier molecular flexibility index (Phi) is 3.26. The van der Waals surface area contributed by atoms with Crippen molar-refractivity contribution in [1.82, 2.24) is 15.1 Å². The number of benzene rings is 1. The fourth-order valence-electron chi connectivity index (χ4n) is 2.90. The maximum Gasteiger partial charge on any atom is 0.342 e. The Labute approximate surface area is 116 Å². The second kappa shape index (κ2) is 5.07. The first-order valence-electron chi connectivity index (χ1n) is 6.78. The molecule has 0 unspecified atom stereocenters.